The van der Waals surface area contributed by atoms with Gasteiger partial charge in [-0.05, 0) is 44.9 Å². The fraction of sp³-hybridized carbons (Fsp3) is 0.588. The largest absolute Gasteiger partial charge is 0.370 e. The van der Waals surface area contributed by atoms with Crippen molar-refractivity contribution in [1.82, 2.24) is 10.2 Å². The molecule has 3 N–H and O–H groups in total. The highest BCUT2D eigenvalue weighted by molar-refractivity contribution is 6.30. The number of nitrogens with zero attached hydrogens (tertiary/aromatic N) is 1. The molecule has 0 bridgehead atoms. The lowest BCUT2D eigenvalue weighted by Gasteiger charge is -2.33. The molecule has 1 aliphatic rings. The third-order valence-electron chi connectivity index (χ3n) is 4.39. The molecule has 1 fully saturated rings. The summed E-state index contributed by atoms with van der Waals surface area (Å²) in [6.07, 6.45) is 1.23. The van der Waals surface area contributed by atoms with Crippen molar-refractivity contribution in [2.75, 3.05) is 6.54 Å². The maximum atomic E-state index is 13.9. The molecular weight excluding hydrogens is 317 g/mol. The molecular formula is C17H25ClFN3O. The van der Waals surface area contributed by atoms with Gasteiger partial charge in [0, 0.05) is 31.1 Å². The van der Waals surface area contributed by atoms with Crippen LogP contribution in [0.25, 0.3) is 0 Å². The van der Waals surface area contributed by atoms with E-state index in [4.69, 9.17) is 17.3 Å². The van der Waals surface area contributed by atoms with Gasteiger partial charge in [-0.3, -0.25) is 9.69 Å². The number of nitrogens with one attached hydrogen (secondary N) is 1. The molecule has 0 radical (unpaired) electrons. The second-order valence-corrected chi connectivity index (χ2v) is 6.99. The van der Waals surface area contributed by atoms with E-state index in [-0.39, 0.29) is 29.1 Å². The van der Waals surface area contributed by atoms with Crippen LogP contribution in [0.3, 0.4) is 0 Å². The molecule has 0 spiro atoms. The Labute approximate surface area is 142 Å². The van der Waals surface area contributed by atoms with Gasteiger partial charge in [0.1, 0.15) is 5.82 Å². The zero-order chi connectivity index (χ0) is 17.1. The molecule has 0 aliphatic carbocycles. The summed E-state index contributed by atoms with van der Waals surface area (Å²) < 4.78 is 13.9. The summed E-state index contributed by atoms with van der Waals surface area (Å²) in [5.41, 5.74) is 6.18. The van der Waals surface area contributed by atoms with Crippen molar-refractivity contribution >= 4 is 17.5 Å². The molecule has 6 heteroatoms. The van der Waals surface area contributed by atoms with Crippen molar-refractivity contribution < 1.29 is 9.18 Å². The first-order valence-corrected chi connectivity index (χ1v) is 8.42. The van der Waals surface area contributed by atoms with E-state index in [9.17, 15) is 9.18 Å². The van der Waals surface area contributed by atoms with Crippen LogP contribution in [0.15, 0.2) is 18.2 Å². The predicted molar refractivity (Wildman–Crippen MR) is 90.8 cm³/mol. The molecule has 0 unspecified atom stereocenters. The van der Waals surface area contributed by atoms with E-state index in [0.717, 1.165) is 18.5 Å². The van der Waals surface area contributed by atoms with Crippen LogP contribution >= 0.6 is 11.6 Å². The summed E-state index contributed by atoms with van der Waals surface area (Å²) in [5, 5.41) is 3.61. The van der Waals surface area contributed by atoms with Crippen LogP contribution in [0.1, 0.15) is 45.2 Å². The van der Waals surface area contributed by atoms with Gasteiger partial charge in [0.25, 0.3) is 0 Å². The fourth-order valence-electron chi connectivity index (χ4n) is 3.42. The smallest absolute Gasteiger partial charge is 0.218 e. The second kappa shape index (κ2) is 7.60. The van der Waals surface area contributed by atoms with Gasteiger partial charge in [0.2, 0.25) is 5.91 Å². The fourth-order valence-corrected chi connectivity index (χ4v) is 3.53. The maximum absolute atomic E-state index is 13.9. The number of rotatable bonds is 6. The standard InChI is InChI=1S/C17H25ClFN3O/c1-10(2)22-7-6-15(21-11(3)8-16(20)23)17(22)12-4-5-13(18)14(19)9-12/h4-5,9-11,15,17,21H,6-8H2,1-3H3,(H2,20,23)/t11-,15+,17+/m1/s1. The quantitative estimate of drug-likeness (QED) is 0.836. The lowest BCUT2D eigenvalue weighted by Crippen LogP contribution is -2.43. The van der Waals surface area contributed by atoms with Gasteiger partial charge in [0.05, 0.1) is 11.1 Å². The molecule has 23 heavy (non-hydrogen) atoms. The van der Waals surface area contributed by atoms with Gasteiger partial charge in [-0.25, -0.2) is 4.39 Å². The summed E-state index contributed by atoms with van der Waals surface area (Å²) in [6, 6.07) is 5.53. The van der Waals surface area contributed by atoms with Crippen molar-refractivity contribution in [3.63, 3.8) is 0 Å². The average molecular weight is 342 g/mol. The Kier molecular flexibility index (Phi) is 6.00. The molecule has 1 saturated heterocycles. The molecule has 1 aliphatic heterocycles. The maximum Gasteiger partial charge on any atom is 0.218 e. The molecule has 1 amide bonds. The molecule has 3 atom stereocenters. The summed E-state index contributed by atoms with van der Waals surface area (Å²) in [4.78, 5) is 13.4. The van der Waals surface area contributed by atoms with Gasteiger partial charge in [0.15, 0.2) is 0 Å². The van der Waals surface area contributed by atoms with E-state index in [1.807, 2.05) is 13.0 Å². The highest BCUT2D eigenvalue weighted by Gasteiger charge is 2.37. The molecule has 2 rings (SSSR count). The van der Waals surface area contributed by atoms with Crippen LogP contribution in [0.4, 0.5) is 4.39 Å². The van der Waals surface area contributed by atoms with Crippen molar-refractivity contribution in [3.05, 3.63) is 34.6 Å². The summed E-state index contributed by atoms with van der Waals surface area (Å²) in [7, 11) is 0. The molecule has 1 aromatic rings. The van der Waals surface area contributed by atoms with Crippen molar-refractivity contribution in [3.8, 4) is 0 Å². The predicted octanol–water partition coefficient (Wildman–Crippen LogP) is 2.86. The van der Waals surface area contributed by atoms with E-state index in [1.165, 1.54) is 6.07 Å². The van der Waals surface area contributed by atoms with Crippen LogP contribution < -0.4 is 11.1 Å². The zero-order valence-electron chi connectivity index (χ0n) is 13.9. The number of likely N-dealkylation sites (tertiary alicyclic amines) is 1. The van der Waals surface area contributed by atoms with Gasteiger partial charge in [-0.1, -0.05) is 17.7 Å². The Morgan fingerprint density at radius 3 is 2.74 bits per heavy atom. The van der Waals surface area contributed by atoms with Gasteiger partial charge in [-0.2, -0.15) is 0 Å². The number of nitrogens with two attached hydrogens (primary N) is 1. The number of benzene rings is 1. The van der Waals surface area contributed by atoms with Crippen molar-refractivity contribution in [2.24, 2.45) is 5.73 Å². The normalized spacial score (nSPS) is 23.4. The third-order valence-corrected chi connectivity index (χ3v) is 4.70. The molecule has 128 valence electrons. The Hall–Kier alpha value is -1.17. The van der Waals surface area contributed by atoms with E-state index >= 15 is 0 Å². The molecule has 1 aromatic carbocycles. The van der Waals surface area contributed by atoms with E-state index in [1.54, 1.807) is 6.07 Å². The van der Waals surface area contributed by atoms with Crippen LogP contribution in [0.2, 0.25) is 5.02 Å². The molecule has 4 nitrogen and oxygen atoms in total. The first-order valence-electron chi connectivity index (χ1n) is 8.04. The Bertz CT molecular complexity index is 567. The van der Waals surface area contributed by atoms with Crippen LogP contribution in [-0.4, -0.2) is 35.5 Å². The number of amides is 1. The minimum Gasteiger partial charge on any atom is -0.370 e. The van der Waals surface area contributed by atoms with Gasteiger partial charge in [-0.15, -0.1) is 0 Å². The van der Waals surface area contributed by atoms with Gasteiger partial charge < -0.3 is 11.1 Å². The Balaban J connectivity index is 2.23. The van der Waals surface area contributed by atoms with Crippen molar-refractivity contribution in [2.45, 2.75) is 57.8 Å². The van der Waals surface area contributed by atoms with Crippen LogP contribution in [-0.2, 0) is 4.79 Å². The van der Waals surface area contributed by atoms with Crippen molar-refractivity contribution in [1.29, 1.82) is 0 Å². The highest BCUT2D eigenvalue weighted by atomic mass is 35.5. The number of hydrogen-bond donors (Lipinski definition) is 2. The first-order chi connectivity index (χ1) is 10.8. The number of halogens is 2. The number of hydrogen-bond acceptors (Lipinski definition) is 3. The average Bonchev–Trinajstić information content (AvgIpc) is 2.84. The molecule has 0 saturated carbocycles. The SMILES string of the molecule is CC(C)N1CC[C@H](N[C@H](C)CC(N)=O)[C@@H]1c1ccc(Cl)c(F)c1. The lowest BCUT2D eigenvalue weighted by molar-refractivity contribution is -0.118. The minimum atomic E-state index is -0.399. The first kappa shape index (κ1) is 18.2. The highest BCUT2D eigenvalue weighted by Crippen LogP contribution is 2.35. The van der Waals surface area contributed by atoms with E-state index in [2.05, 4.69) is 24.1 Å². The zero-order valence-corrected chi connectivity index (χ0v) is 14.6. The Morgan fingerprint density at radius 2 is 2.17 bits per heavy atom. The number of carbonyl (C=O) groups is 1. The topological polar surface area (TPSA) is 58.4 Å². The summed E-state index contributed by atoms with van der Waals surface area (Å²) in [6.45, 7) is 7.14. The third kappa shape index (κ3) is 4.43. The van der Waals surface area contributed by atoms with Gasteiger partial charge >= 0.3 is 0 Å². The number of carbonyl (C=O) groups excluding carboxylic acids is 1. The number of primary amides is 1. The lowest BCUT2D eigenvalue weighted by atomic mass is 9.98. The second-order valence-electron chi connectivity index (χ2n) is 6.58. The minimum absolute atomic E-state index is 0.00995. The Morgan fingerprint density at radius 1 is 1.48 bits per heavy atom. The summed E-state index contributed by atoms with van der Waals surface area (Å²) in [5.74, 6) is -0.721. The molecule has 0 aromatic heterocycles. The van der Waals surface area contributed by atoms with Crippen LogP contribution in [0.5, 0.6) is 0 Å². The van der Waals surface area contributed by atoms with E-state index in [0.29, 0.717) is 12.5 Å². The molecule has 1 heterocycles. The van der Waals surface area contributed by atoms with E-state index < -0.39 is 5.82 Å². The monoisotopic (exact) mass is 341 g/mol. The summed E-state index contributed by atoms with van der Waals surface area (Å²) >= 11 is 5.81. The van der Waals surface area contributed by atoms with Crippen LogP contribution in [0, 0.1) is 5.82 Å².